The molecule has 2 aliphatic rings. The predicted octanol–water partition coefficient (Wildman–Crippen LogP) is 2.25. The molecule has 3 nitrogen and oxygen atoms in total. The molecule has 0 bridgehead atoms. The molecule has 0 aromatic heterocycles. The first-order valence-corrected chi connectivity index (χ1v) is 8.06. The molecule has 112 valence electrons. The molecule has 1 aliphatic carbocycles. The van der Waals surface area contributed by atoms with Gasteiger partial charge in [-0.25, -0.2) is 0 Å². The number of nitrogens with zero attached hydrogens (tertiary/aromatic N) is 1. The van der Waals surface area contributed by atoms with Crippen molar-refractivity contribution < 1.29 is 5.11 Å². The Hall–Kier alpha value is -0.120. The number of rotatable bonds is 6. The van der Waals surface area contributed by atoms with Gasteiger partial charge in [0.05, 0.1) is 6.61 Å². The minimum atomic E-state index is -0.0925. The van der Waals surface area contributed by atoms with Crippen molar-refractivity contribution in [1.29, 1.82) is 0 Å². The zero-order valence-electron chi connectivity index (χ0n) is 13.2. The Kier molecular flexibility index (Phi) is 4.91. The van der Waals surface area contributed by atoms with Crippen LogP contribution in [0.15, 0.2) is 0 Å². The van der Waals surface area contributed by atoms with E-state index in [1.165, 1.54) is 25.8 Å². The van der Waals surface area contributed by atoms with Gasteiger partial charge in [0.1, 0.15) is 0 Å². The minimum Gasteiger partial charge on any atom is -0.394 e. The van der Waals surface area contributed by atoms with E-state index in [-0.39, 0.29) is 12.1 Å². The van der Waals surface area contributed by atoms with E-state index >= 15 is 0 Å². The van der Waals surface area contributed by atoms with Gasteiger partial charge < -0.3 is 15.3 Å². The monoisotopic (exact) mass is 268 g/mol. The molecule has 2 rings (SSSR count). The lowest BCUT2D eigenvalue weighted by molar-refractivity contribution is 0.0621. The van der Waals surface area contributed by atoms with Gasteiger partial charge in [0.2, 0.25) is 0 Å². The first-order chi connectivity index (χ1) is 8.93. The lowest BCUT2D eigenvalue weighted by atomic mass is 9.85. The molecule has 1 saturated heterocycles. The average Bonchev–Trinajstić information content (AvgIpc) is 3.16. The lowest BCUT2D eigenvalue weighted by Gasteiger charge is -2.42. The van der Waals surface area contributed by atoms with E-state index in [1.54, 1.807) is 0 Å². The molecular formula is C16H32N2O. The van der Waals surface area contributed by atoms with E-state index in [2.05, 4.69) is 37.9 Å². The van der Waals surface area contributed by atoms with Crippen LogP contribution in [0.25, 0.3) is 0 Å². The Morgan fingerprint density at radius 1 is 1.26 bits per heavy atom. The molecule has 2 N–H and O–H groups in total. The molecule has 0 aromatic rings. The predicted molar refractivity (Wildman–Crippen MR) is 80.2 cm³/mol. The summed E-state index contributed by atoms with van der Waals surface area (Å²) in [5.74, 6) is 1.60. The number of hydrogen-bond donors (Lipinski definition) is 2. The summed E-state index contributed by atoms with van der Waals surface area (Å²) in [6.07, 6.45) is 4.96. The maximum Gasteiger partial charge on any atom is 0.0611 e. The number of aliphatic hydroxyl groups excluding tert-OH is 1. The zero-order chi connectivity index (χ0) is 14.0. The van der Waals surface area contributed by atoms with Crippen molar-refractivity contribution in [3.8, 4) is 0 Å². The van der Waals surface area contributed by atoms with E-state index in [1.807, 2.05) is 0 Å². The molecule has 0 amide bonds. The van der Waals surface area contributed by atoms with E-state index in [9.17, 15) is 5.11 Å². The summed E-state index contributed by atoms with van der Waals surface area (Å²) in [5, 5.41) is 13.3. The summed E-state index contributed by atoms with van der Waals surface area (Å²) in [6.45, 7) is 11.8. The van der Waals surface area contributed by atoms with Gasteiger partial charge in [0.25, 0.3) is 0 Å². The van der Waals surface area contributed by atoms with Crippen LogP contribution in [-0.4, -0.2) is 47.3 Å². The third kappa shape index (κ3) is 4.17. The Balaban J connectivity index is 1.84. The molecular weight excluding hydrogens is 236 g/mol. The van der Waals surface area contributed by atoms with Gasteiger partial charge in [-0.3, -0.25) is 0 Å². The second kappa shape index (κ2) is 6.11. The van der Waals surface area contributed by atoms with Crippen molar-refractivity contribution in [2.75, 3.05) is 19.7 Å². The van der Waals surface area contributed by atoms with Gasteiger partial charge in [-0.05, 0) is 51.4 Å². The number of hydrogen-bond acceptors (Lipinski definition) is 3. The maximum absolute atomic E-state index is 9.68. The molecule has 4 atom stereocenters. The summed E-state index contributed by atoms with van der Waals surface area (Å²) in [5.41, 5.74) is -0.0925. The fraction of sp³-hybridized carbons (Fsp3) is 1.00. The van der Waals surface area contributed by atoms with Gasteiger partial charge in [-0.15, -0.1) is 0 Å². The SMILES string of the molecule is CC1CC(C)C(C)N(CCC(C)(CO)NC2CC2)C1. The van der Waals surface area contributed by atoms with E-state index in [0.717, 1.165) is 24.8 Å². The van der Waals surface area contributed by atoms with Gasteiger partial charge in [0, 0.05) is 30.7 Å². The molecule has 0 radical (unpaired) electrons. The fourth-order valence-electron chi connectivity index (χ4n) is 3.44. The fourth-order valence-corrected chi connectivity index (χ4v) is 3.44. The van der Waals surface area contributed by atoms with E-state index < -0.39 is 0 Å². The van der Waals surface area contributed by atoms with Crippen molar-refractivity contribution in [1.82, 2.24) is 10.2 Å². The zero-order valence-corrected chi connectivity index (χ0v) is 13.2. The van der Waals surface area contributed by atoms with Crippen LogP contribution in [0.4, 0.5) is 0 Å². The molecule has 0 spiro atoms. The molecule has 4 unspecified atom stereocenters. The summed E-state index contributed by atoms with van der Waals surface area (Å²) < 4.78 is 0. The van der Waals surface area contributed by atoms with Crippen LogP contribution in [0.2, 0.25) is 0 Å². The van der Waals surface area contributed by atoms with E-state index in [0.29, 0.717) is 12.1 Å². The Bertz CT molecular complexity index is 292. The van der Waals surface area contributed by atoms with Crippen LogP contribution in [0.3, 0.4) is 0 Å². The standard InChI is InChI=1S/C16H32N2O/c1-12-9-13(2)14(3)18(10-12)8-7-16(4,11-19)17-15-5-6-15/h12-15,17,19H,5-11H2,1-4H3. The number of piperidine rings is 1. The molecule has 2 fully saturated rings. The van der Waals surface area contributed by atoms with Crippen molar-refractivity contribution >= 4 is 0 Å². The third-order valence-electron chi connectivity index (χ3n) is 5.15. The Morgan fingerprint density at radius 2 is 1.95 bits per heavy atom. The molecule has 1 aliphatic heterocycles. The first kappa shape index (κ1) is 15.3. The molecule has 19 heavy (non-hydrogen) atoms. The van der Waals surface area contributed by atoms with Crippen molar-refractivity contribution in [2.24, 2.45) is 11.8 Å². The van der Waals surface area contributed by atoms with Gasteiger partial charge in [0.15, 0.2) is 0 Å². The molecule has 0 aromatic carbocycles. The van der Waals surface area contributed by atoms with Crippen LogP contribution in [0, 0.1) is 11.8 Å². The van der Waals surface area contributed by atoms with Crippen LogP contribution in [0.5, 0.6) is 0 Å². The van der Waals surface area contributed by atoms with Crippen molar-refractivity contribution in [2.45, 2.75) is 71.0 Å². The first-order valence-electron chi connectivity index (χ1n) is 8.06. The summed E-state index contributed by atoms with van der Waals surface area (Å²) in [6, 6.07) is 1.34. The normalized spacial score (nSPS) is 36.2. The van der Waals surface area contributed by atoms with E-state index in [4.69, 9.17) is 0 Å². The van der Waals surface area contributed by atoms with Gasteiger partial charge in [-0.1, -0.05) is 13.8 Å². The van der Waals surface area contributed by atoms with Crippen molar-refractivity contribution in [3.05, 3.63) is 0 Å². The highest BCUT2D eigenvalue weighted by Crippen LogP contribution is 2.28. The second-order valence-corrected chi connectivity index (χ2v) is 7.44. The number of likely N-dealkylation sites (tertiary alicyclic amines) is 1. The van der Waals surface area contributed by atoms with Gasteiger partial charge >= 0.3 is 0 Å². The topological polar surface area (TPSA) is 35.5 Å². The van der Waals surface area contributed by atoms with Crippen molar-refractivity contribution in [3.63, 3.8) is 0 Å². The highest BCUT2D eigenvalue weighted by molar-refractivity contribution is 4.93. The molecule has 3 heteroatoms. The Labute approximate surface area is 118 Å². The highest BCUT2D eigenvalue weighted by Gasteiger charge is 2.34. The minimum absolute atomic E-state index is 0.0925. The maximum atomic E-state index is 9.68. The highest BCUT2D eigenvalue weighted by atomic mass is 16.3. The molecule has 1 saturated carbocycles. The largest absolute Gasteiger partial charge is 0.394 e. The number of nitrogens with one attached hydrogen (secondary N) is 1. The summed E-state index contributed by atoms with van der Waals surface area (Å²) in [4.78, 5) is 2.63. The summed E-state index contributed by atoms with van der Waals surface area (Å²) >= 11 is 0. The third-order valence-corrected chi connectivity index (χ3v) is 5.15. The average molecular weight is 268 g/mol. The van der Waals surface area contributed by atoms with Crippen LogP contribution >= 0.6 is 0 Å². The van der Waals surface area contributed by atoms with Gasteiger partial charge in [-0.2, -0.15) is 0 Å². The van der Waals surface area contributed by atoms with Crippen LogP contribution in [-0.2, 0) is 0 Å². The quantitative estimate of drug-likeness (QED) is 0.775. The Morgan fingerprint density at radius 3 is 2.53 bits per heavy atom. The van der Waals surface area contributed by atoms with Crippen LogP contribution < -0.4 is 5.32 Å². The molecule has 1 heterocycles. The lowest BCUT2D eigenvalue weighted by Crippen LogP contribution is -2.52. The second-order valence-electron chi connectivity index (χ2n) is 7.44. The summed E-state index contributed by atoms with van der Waals surface area (Å²) in [7, 11) is 0. The number of aliphatic hydroxyl groups is 1. The smallest absolute Gasteiger partial charge is 0.0611 e. The van der Waals surface area contributed by atoms with Crippen LogP contribution in [0.1, 0.15) is 53.4 Å².